The molecule has 0 unspecified atom stereocenters. The van der Waals surface area contributed by atoms with Crippen molar-refractivity contribution in [3.63, 3.8) is 0 Å². The maximum atomic E-state index is 8.63. The lowest BCUT2D eigenvalue weighted by Crippen LogP contribution is -2.18. The second-order valence-electron chi connectivity index (χ2n) is 4.01. The lowest BCUT2D eigenvalue weighted by Gasteiger charge is -2.33. The van der Waals surface area contributed by atoms with Crippen LogP contribution in [0.2, 0.25) is 0 Å². The summed E-state index contributed by atoms with van der Waals surface area (Å²) >= 11 is 0. The Morgan fingerprint density at radius 2 is 1.85 bits per heavy atom. The molecule has 66 valence electrons. The first-order valence-electron chi connectivity index (χ1n) is 4.79. The first-order valence-corrected chi connectivity index (χ1v) is 4.79. The summed E-state index contributed by atoms with van der Waals surface area (Å²) in [7, 11) is 0. The van der Waals surface area contributed by atoms with E-state index in [1.54, 1.807) is 0 Å². The quantitative estimate of drug-likeness (QED) is 0.637. The van der Waals surface area contributed by atoms with E-state index < -0.39 is 0 Å². The molecule has 0 heterocycles. The summed E-state index contributed by atoms with van der Waals surface area (Å²) in [6.45, 7) is 2.29. The summed E-state index contributed by atoms with van der Waals surface area (Å²) in [4.78, 5) is 0. The largest absolute Gasteiger partial charge is 0.192 e. The molecular formula is C12H13N. The highest BCUT2D eigenvalue weighted by Crippen LogP contribution is 2.40. The molecule has 13 heavy (non-hydrogen) atoms. The molecule has 0 spiro atoms. The van der Waals surface area contributed by atoms with Crippen molar-refractivity contribution in [1.82, 2.24) is 0 Å². The fraction of sp³-hybridized carbons (Fsp3) is 0.417. The molecule has 0 amide bonds. The zero-order chi connectivity index (χ0) is 9.26. The fourth-order valence-corrected chi connectivity index (χ4v) is 2.00. The van der Waals surface area contributed by atoms with Crippen molar-refractivity contribution in [2.75, 3.05) is 0 Å². The van der Waals surface area contributed by atoms with E-state index in [1.807, 2.05) is 12.1 Å². The second kappa shape index (κ2) is 3.22. The Kier molecular flexibility index (Phi) is 2.06. The van der Waals surface area contributed by atoms with Crippen LogP contribution in [0.1, 0.15) is 36.8 Å². The molecule has 1 aromatic rings. The number of hydrogen-bond donors (Lipinski definition) is 0. The number of hydrogen-bond acceptors (Lipinski definition) is 1. The third-order valence-corrected chi connectivity index (χ3v) is 2.88. The average Bonchev–Trinajstić information content (AvgIpc) is 2.13. The Bertz CT molecular complexity index is 325. The van der Waals surface area contributed by atoms with Crippen LogP contribution in [0, 0.1) is 17.2 Å². The van der Waals surface area contributed by atoms with Gasteiger partial charge >= 0.3 is 0 Å². The molecule has 0 aliphatic heterocycles. The monoisotopic (exact) mass is 171 g/mol. The molecule has 0 N–H and O–H groups in total. The summed E-state index contributed by atoms with van der Waals surface area (Å²) < 4.78 is 0. The van der Waals surface area contributed by atoms with Crippen molar-refractivity contribution in [1.29, 1.82) is 5.26 Å². The van der Waals surface area contributed by atoms with Crippen LogP contribution in [0.15, 0.2) is 24.3 Å². The molecule has 1 aliphatic carbocycles. The van der Waals surface area contributed by atoms with Crippen LogP contribution in [0.4, 0.5) is 0 Å². The highest BCUT2D eigenvalue weighted by atomic mass is 14.3. The number of nitriles is 1. The van der Waals surface area contributed by atoms with E-state index in [0.29, 0.717) is 0 Å². The normalized spacial score (nSPS) is 26.2. The minimum absolute atomic E-state index is 0.753. The van der Waals surface area contributed by atoms with E-state index in [2.05, 4.69) is 25.1 Å². The van der Waals surface area contributed by atoms with Gasteiger partial charge in [0.05, 0.1) is 11.6 Å². The fourth-order valence-electron chi connectivity index (χ4n) is 2.00. The van der Waals surface area contributed by atoms with Gasteiger partial charge in [0.25, 0.3) is 0 Å². The third kappa shape index (κ3) is 1.58. The predicted molar refractivity (Wildman–Crippen MR) is 52.3 cm³/mol. The molecule has 1 nitrogen and oxygen atoms in total. The molecule has 0 bridgehead atoms. The molecule has 2 rings (SSSR count). The van der Waals surface area contributed by atoms with Gasteiger partial charge in [-0.1, -0.05) is 19.1 Å². The van der Waals surface area contributed by atoms with Crippen LogP contribution in [-0.2, 0) is 0 Å². The molecule has 0 radical (unpaired) electrons. The van der Waals surface area contributed by atoms with Gasteiger partial charge in [-0.15, -0.1) is 0 Å². The molecule has 1 aliphatic rings. The SMILES string of the molecule is CC1CC(c2ccc(C#N)cc2)C1. The van der Waals surface area contributed by atoms with Crippen molar-refractivity contribution in [3.8, 4) is 6.07 Å². The Hall–Kier alpha value is -1.29. The van der Waals surface area contributed by atoms with Crippen LogP contribution >= 0.6 is 0 Å². The van der Waals surface area contributed by atoms with Gasteiger partial charge < -0.3 is 0 Å². The predicted octanol–water partition coefficient (Wildman–Crippen LogP) is 3.07. The van der Waals surface area contributed by atoms with Crippen LogP contribution in [0.5, 0.6) is 0 Å². The van der Waals surface area contributed by atoms with Crippen molar-refractivity contribution in [2.45, 2.75) is 25.7 Å². The molecule has 0 aromatic heterocycles. The van der Waals surface area contributed by atoms with Crippen molar-refractivity contribution < 1.29 is 0 Å². The Labute approximate surface area is 79.0 Å². The zero-order valence-electron chi connectivity index (χ0n) is 7.83. The van der Waals surface area contributed by atoms with Gasteiger partial charge in [0.1, 0.15) is 0 Å². The van der Waals surface area contributed by atoms with Gasteiger partial charge in [-0.2, -0.15) is 5.26 Å². The standard InChI is InChI=1S/C12H13N/c1-9-6-12(7-9)11-4-2-10(8-13)3-5-11/h2-5,9,12H,6-7H2,1H3. The van der Waals surface area contributed by atoms with Crippen LogP contribution in [-0.4, -0.2) is 0 Å². The highest BCUT2D eigenvalue weighted by Gasteiger charge is 2.26. The molecule has 0 saturated heterocycles. The number of nitrogens with zero attached hydrogens (tertiary/aromatic N) is 1. The maximum absolute atomic E-state index is 8.63. The maximum Gasteiger partial charge on any atom is 0.0991 e. The number of rotatable bonds is 1. The van der Waals surface area contributed by atoms with Crippen LogP contribution < -0.4 is 0 Å². The van der Waals surface area contributed by atoms with E-state index in [1.165, 1.54) is 18.4 Å². The first-order chi connectivity index (χ1) is 6.29. The Morgan fingerprint density at radius 1 is 1.23 bits per heavy atom. The van der Waals surface area contributed by atoms with Gasteiger partial charge in [0.15, 0.2) is 0 Å². The Balaban J connectivity index is 2.11. The van der Waals surface area contributed by atoms with Gasteiger partial charge in [0, 0.05) is 0 Å². The van der Waals surface area contributed by atoms with E-state index in [9.17, 15) is 0 Å². The lowest BCUT2D eigenvalue weighted by atomic mass is 9.72. The van der Waals surface area contributed by atoms with Crippen molar-refractivity contribution in [3.05, 3.63) is 35.4 Å². The number of benzene rings is 1. The van der Waals surface area contributed by atoms with Gasteiger partial charge in [-0.3, -0.25) is 0 Å². The Morgan fingerprint density at radius 3 is 2.31 bits per heavy atom. The molecular weight excluding hydrogens is 158 g/mol. The summed E-state index contributed by atoms with van der Waals surface area (Å²) in [5, 5.41) is 8.63. The average molecular weight is 171 g/mol. The van der Waals surface area contributed by atoms with E-state index >= 15 is 0 Å². The summed E-state index contributed by atoms with van der Waals surface area (Å²) in [6, 6.07) is 10.2. The molecule has 1 aromatic carbocycles. The van der Waals surface area contributed by atoms with E-state index in [0.717, 1.165) is 17.4 Å². The first kappa shape index (κ1) is 8.31. The highest BCUT2D eigenvalue weighted by molar-refractivity contribution is 5.33. The zero-order valence-corrected chi connectivity index (χ0v) is 7.83. The molecule has 1 heteroatoms. The van der Waals surface area contributed by atoms with Crippen molar-refractivity contribution in [2.24, 2.45) is 5.92 Å². The molecule has 1 fully saturated rings. The summed E-state index contributed by atoms with van der Waals surface area (Å²) in [5.41, 5.74) is 2.16. The minimum atomic E-state index is 0.753. The van der Waals surface area contributed by atoms with Gasteiger partial charge in [0.2, 0.25) is 0 Å². The van der Waals surface area contributed by atoms with Crippen molar-refractivity contribution >= 4 is 0 Å². The topological polar surface area (TPSA) is 23.8 Å². The van der Waals surface area contributed by atoms with Gasteiger partial charge in [-0.25, -0.2) is 0 Å². The van der Waals surface area contributed by atoms with Crippen LogP contribution in [0.25, 0.3) is 0 Å². The minimum Gasteiger partial charge on any atom is -0.192 e. The van der Waals surface area contributed by atoms with E-state index in [4.69, 9.17) is 5.26 Å². The van der Waals surface area contributed by atoms with Crippen LogP contribution in [0.3, 0.4) is 0 Å². The van der Waals surface area contributed by atoms with E-state index in [-0.39, 0.29) is 0 Å². The lowest BCUT2D eigenvalue weighted by molar-refractivity contribution is 0.288. The third-order valence-electron chi connectivity index (χ3n) is 2.88. The molecule has 1 saturated carbocycles. The molecule has 0 atom stereocenters. The smallest absolute Gasteiger partial charge is 0.0991 e. The summed E-state index contributed by atoms with van der Waals surface area (Å²) in [5.74, 6) is 1.64. The van der Waals surface area contributed by atoms with Gasteiger partial charge in [-0.05, 0) is 42.4 Å². The second-order valence-corrected chi connectivity index (χ2v) is 4.01. The summed E-state index contributed by atoms with van der Waals surface area (Å²) in [6.07, 6.45) is 2.62.